The van der Waals surface area contributed by atoms with Gasteiger partial charge in [0.15, 0.2) is 5.69 Å². The first kappa shape index (κ1) is 12.3. The first-order chi connectivity index (χ1) is 7.52. The van der Waals surface area contributed by atoms with Crippen LogP contribution in [0.25, 0.3) is 0 Å². The molecule has 0 saturated heterocycles. The number of nitrogen functional groups attached to an aromatic ring is 1. The monoisotopic (exact) mass is 231 g/mol. The molecule has 0 radical (unpaired) electrons. The van der Waals surface area contributed by atoms with Crippen molar-refractivity contribution in [2.24, 2.45) is 5.73 Å². The lowest BCUT2D eigenvalue weighted by atomic mass is 10.1. The van der Waals surface area contributed by atoms with E-state index in [9.17, 15) is 13.6 Å². The molecular formula is C9H11F2N3O2. The Morgan fingerprint density at radius 1 is 1.62 bits per heavy atom. The molecule has 0 aliphatic rings. The fraction of sp³-hybridized carbons (Fsp3) is 0.333. The van der Waals surface area contributed by atoms with Gasteiger partial charge in [-0.05, 0) is 0 Å². The average molecular weight is 231 g/mol. The summed E-state index contributed by atoms with van der Waals surface area (Å²) in [7, 11) is 1.15. The van der Waals surface area contributed by atoms with Gasteiger partial charge in [-0.2, -0.15) is 0 Å². The number of rotatable bonds is 3. The molecule has 5 nitrogen and oxygen atoms in total. The largest absolute Gasteiger partial charge is 0.464 e. The molecule has 0 saturated carbocycles. The first-order valence-corrected chi connectivity index (χ1v) is 4.36. The van der Waals surface area contributed by atoms with E-state index in [4.69, 9.17) is 11.5 Å². The van der Waals surface area contributed by atoms with Crippen LogP contribution in [0, 0.1) is 0 Å². The van der Waals surface area contributed by atoms with Gasteiger partial charge < -0.3 is 16.2 Å². The summed E-state index contributed by atoms with van der Waals surface area (Å²) < 4.78 is 29.4. The minimum atomic E-state index is -2.76. The molecule has 4 N–H and O–H groups in total. The summed E-state index contributed by atoms with van der Waals surface area (Å²) in [4.78, 5) is 14.8. The van der Waals surface area contributed by atoms with Crippen LogP contribution in [0.1, 0.15) is 28.0 Å². The Morgan fingerprint density at radius 3 is 2.69 bits per heavy atom. The number of nitrogens with two attached hydrogens (primary N) is 2. The number of aromatic nitrogens is 1. The van der Waals surface area contributed by atoms with Crippen LogP contribution >= 0.6 is 0 Å². The zero-order valence-corrected chi connectivity index (χ0v) is 8.54. The number of hydrogen-bond acceptors (Lipinski definition) is 5. The lowest BCUT2D eigenvalue weighted by Crippen LogP contribution is -2.15. The Labute approximate surface area is 90.4 Å². The molecule has 1 heterocycles. The highest BCUT2D eigenvalue weighted by atomic mass is 19.3. The second-order valence-corrected chi connectivity index (χ2v) is 2.95. The Kier molecular flexibility index (Phi) is 3.73. The second kappa shape index (κ2) is 4.84. The molecular weight excluding hydrogens is 220 g/mol. The van der Waals surface area contributed by atoms with E-state index in [1.807, 2.05) is 0 Å². The number of pyridine rings is 1. The van der Waals surface area contributed by atoms with Gasteiger partial charge in [-0.25, -0.2) is 18.6 Å². The molecule has 0 bridgehead atoms. The quantitative estimate of drug-likeness (QED) is 0.752. The number of esters is 1. The molecule has 0 fully saturated rings. The molecule has 0 atom stereocenters. The van der Waals surface area contributed by atoms with Gasteiger partial charge in [0.05, 0.1) is 12.7 Å². The van der Waals surface area contributed by atoms with Crippen LogP contribution in [0.2, 0.25) is 0 Å². The van der Waals surface area contributed by atoms with Crippen molar-refractivity contribution in [2.45, 2.75) is 13.0 Å². The fourth-order valence-corrected chi connectivity index (χ4v) is 1.24. The first-order valence-electron chi connectivity index (χ1n) is 4.36. The zero-order valence-electron chi connectivity index (χ0n) is 8.54. The zero-order chi connectivity index (χ0) is 12.3. The molecule has 0 aromatic carbocycles. The topological polar surface area (TPSA) is 91.2 Å². The lowest BCUT2D eigenvalue weighted by molar-refractivity contribution is 0.0592. The van der Waals surface area contributed by atoms with Gasteiger partial charge in [0.2, 0.25) is 0 Å². The maximum atomic E-state index is 12.5. The molecule has 7 heteroatoms. The SMILES string of the molecule is COC(=O)c1ncc(C(F)F)c(N)c1CN. The summed E-state index contributed by atoms with van der Waals surface area (Å²) in [5, 5.41) is 0. The van der Waals surface area contributed by atoms with E-state index in [-0.39, 0.29) is 23.5 Å². The van der Waals surface area contributed by atoms with Crippen LogP contribution in [0.3, 0.4) is 0 Å². The lowest BCUT2D eigenvalue weighted by Gasteiger charge is -2.11. The van der Waals surface area contributed by atoms with Crippen molar-refractivity contribution < 1.29 is 18.3 Å². The number of anilines is 1. The van der Waals surface area contributed by atoms with Gasteiger partial charge in [0.25, 0.3) is 6.43 Å². The molecule has 88 valence electrons. The van der Waals surface area contributed by atoms with E-state index in [1.54, 1.807) is 0 Å². The Morgan fingerprint density at radius 2 is 2.25 bits per heavy atom. The van der Waals surface area contributed by atoms with Crippen LogP contribution in [0.15, 0.2) is 6.20 Å². The molecule has 0 aliphatic carbocycles. The van der Waals surface area contributed by atoms with E-state index in [1.165, 1.54) is 0 Å². The normalized spacial score (nSPS) is 10.6. The van der Waals surface area contributed by atoms with Gasteiger partial charge in [-0.1, -0.05) is 0 Å². The molecule has 0 amide bonds. The summed E-state index contributed by atoms with van der Waals surface area (Å²) in [6.45, 7) is -0.163. The summed E-state index contributed by atoms with van der Waals surface area (Å²) in [5.41, 5.74) is 10.1. The summed E-state index contributed by atoms with van der Waals surface area (Å²) in [6.07, 6.45) is -1.91. The molecule has 1 rings (SSSR count). The molecule has 0 spiro atoms. The van der Waals surface area contributed by atoms with Crippen molar-refractivity contribution in [3.05, 3.63) is 23.0 Å². The molecule has 16 heavy (non-hydrogen) atoms. The smallest absolute Gasteiger partial charge is 0.357 e. The van der Waals surface area contributed by atoms with E-state index in [0.29, 0.717) is 0 Å². The molecule has 1 aromatic rings. The van der Waals surface area contributed by atoms with Gasteiger partial charge in [0.1, 0.15) is 0 Å². The molecule has 1 aromatic heterocycles. The predicted octanol–water partition coefficient (Wildman–Crippen LogP) is 0.847. The van der Waals surface area contributed by atoms with Crippen molar-refractivity contribution in [3.8, 4) is 0 Å². The molecule has 0 unspecified atom stereocenters. The van der Waals surface area contributed by atoms with Crippen molar-refractivity contribution in [3.63, 3.8) is 0 Å². The maximum absolute atomic E-state index is 12.5. The van der Waals surface area contributed by atoms with Gasteiger partial charge in [-0.15, -0.1) is 0 Å². The van der Waals surface area contributed by atoms with Gasteiger partial charge >= 0.3 is 5.97 Å². The third-order valence-corrected chi connectivity index (χ3v) is 2.07. The highest BCUT2D eigenvalue weighted by Crippen LogP contribution is 2.28. The van der Waals surface area contributed by atoms with Crippen molar-refractivity contribution in [2.75, 3.05) is 12.8 Å². The summed E-state index contributed by atoms with van der Waals surface area (Å²) in [6, 6.07) is 0. The van der Waals surface area contributed by atoms with E-state index >= 15 is 0 Å². The third-order valence-electron chi connectivity index (χ3n) is 2.07. The van der Waals surface area contributed by atoms with Gasteiger partial charge in [-0.3, -0.25) is 0 Å². The number of nitrogens with zero attached hydrogens (tertiary/aromatic N) is 1. The number of ether oxygens (including phenoxy) is 1. The number of hydrogen-bond donors (Lipinski definition) is 2. The van der Waals surface area contributed by atoms with Crippen LogP contribution in [-0.2, 0) is 11.3 Å². The Balaban J connectivity index is 3.35. The van der Waals surface area contributed by atoms with Crippen LogP contribution in [0.4, 0.5) is 14.5 Å². The third kappa shape index (κ3) is 2.08. The minimum absolute atomic E-state index is 0.0738. The number of halogens is 2. The number of methoxy groups -OCH3 is 1. The number of carbonyl (C=O) groups is 1. The van der Waals surface area contributed by atoms with E-state index in [0.717, 1.165) is 13.3 Å². The second-order valence-electron chi connectivity index (χ2n) is 2.95. The van der Waals surface area contributed by atoms with Crippen LogP contribution in [-0.4, -0.2) is 18.1 Å². The Hall–Kier alpha value is -1.76. The number of alkyl halides is 2. The average Bonchev–Trinajstić information content (AvgIpc) is 2.26. The predicted molar refractivity (Wildman–Crippen MR) is 52.8 cm³/mol. The van der Waals surface area contributed by atoms with E-state index < -0.39 is 18.0 Å². The van der Waals surface area contributed by atoms with Crippen molar-refractivity contribution >= 4 is 11.7 Å². The highest BCUT2D eigenvalue weighted by molar-refractivity contribution is 5.90. The standard InChI is InChI=1S/C9H11F2N3O2/c1-16-9(15)7-4(2-12)6(13)5(3-14-7)8(10)11/h3,8H,2,12H2,1H3,(H2,13,14). The summed E-state index contributed by atoms with van der Waals surface area (Å²) in [5.74, 6) is -0.757. The van der Waals surface area contributed by atoms with Crippen molar-refractivity contribution in [1.29, 1.82) is 0 Å². The Bertz CT molecular complexity index is 410. The number of carbonyl (C=O) groups excluding carboxylic acids is 1. The molecule has 0 aliphatic heterocycles. The van der Waals surface area contributed by atoms with Gasteiger partial charge in [0, 0.05) is 24.0 Å². The van der Waals surface area contributed by atoms with Crippen LogP contribution in [0.5, 0.6) is 0 Å². The maximum Gasteiger partial charge on any atom is 0.357 e. The van der Waals surface area contributed by atoms with Crippen molar-refractivity contribution in [1.82, 2.24) is 4.98 Å². The summed E-state index contributed by atoms with van der Waals surface area (Å²) >= 11 is 0. The minimum Gasteiger partial charge on any atom is -0.464 e. The highest BCUT2D eigenvalue weighted by Gasteiger charge is 2.21. The van der Waals surface area contributed by atoms with Crippen LogP contribution < -0.4 is 11.5 Å². The fourth-order valence-electron chi connectivity index (χ4n) is 1.24. The van der Waals surface area contributed by atoms with E-state index in [2.05, 4.69) is 9.72 Å².